The van der Waals surface area contributed by atoms with Gasteiger partial charge in [-0.2, -0.15) is 8.78 Å². The largest absolute Gasteiger partial charge is 0.385 e. The standard InChI is InChI=1S/C14H20F2O3S/c1-3-4-8-11(2)13(17)14(15,16)20(18,19)12-9-6-5-7-10-12/h5-7,9-11,13,17H,3-4,8H2,1-2H3/t11-,13-/m1/s1. The van der Waals surface area contributed by atoms with Gasteiger partial charge >= 0.3 is 5.25 Å². The summed E-state index contributed by atoms with van der Waals surface area (Å²) in [6.07, 6.45) is -0.384. The van der Waals surface area contributed by atoms with Crippen LogP contribution in [0.4, 0.5) is 8.78 Å². The van der Waals surface area contributed by atoms with Crippen molar-refractivity contribution in [2.75, 3.05) is 0 Å². The molecule has 114 valence electrons. The number of aliphatic hydroxyl groups is 1. The van der Waals surface area contributed by atoms with Crippen molar-refractivity contribution in [2.24, 2.45) is 5.92 Å². The minimum Gasteiger partial charge on any atom is -0.385 e. The molecule has 0 aliphatic carbocycles. The third kappa shape index (κ3) is 3.35. The number of halogens is 2. The van der Waals surface area contributed by atoms with E-state index >= 15 is 0 Å². The van der Waals surface area contributed by atoms with Gasteiger partial charge in [0.25, 0.3) is 0 Å². The lowest BCUT2D eigenvalue weighted by Crippen LogP contribution is -2.45. The highest BCUT2D eigenvalue weighted by molar-refractivity contribution is 7.92. The quantitative estimate of drug-likeness (QED) is 0.841. The molecule has 0 aromatic heterocycles. The smallest absolute Gasteiger partial charge is 0.375 e. The van der Waals surface area contributed by atoms with Gasteiger partial charge in [-0.25, -0.2) is 8.42 Å². The van der Waals surface area contributed by atoms with Crippen LogP contribution in [0, 0.1) is 5.92 Å². The highest BCUT2D eigenvalue weighted by atomic mass is 32.2. The number of benzene rings is 1. The van der Waals surface area contributed by atoms with Crippen LogP contribution in [0.3, 0.4) is 0 Å². The van der Waals surface area contributed by atoms with Gasteiger partial charge in [-0.3, -0.25) is 0 Å². The Morgan fingerprint density at radius 1 is 1.25 bits per heavy atom. The van der Waals surface area contributed by atoms with Crippen molar-refractivity contribution in [3.8, 4) is 0 Å². The fourth-order valence-corrected chi connectivity index (χ4v) is 3.31. The van der Waals surface area contributed by atoms with Gasteiger partial charge in [-0.05, 0) is 24.5 Å². The molecule has 0 radical (unpaired) electrons. The summed E-state index contributed by atoms with van der Waals surface area (Å²) in [6, 6.07) is 6.49. The molecule has 20 heavy (non-hydrogen) atoms. The van der Waals surface area contributed by atoms with Gasteiger partial charge in [0.1, 0.15) is 6.10 Å². The van der Waals surface area contributed by atoms with Crippen LogP contribution in [-0.2, 0) is 9.84 Å². The van der Waals surface area contributed by atoms with Crippen LogP contribution in [-0.4, -0.2) is 24.9 Å². The fraction of sp³-hybridized carbons (Fsp3) is 0.571. The van der Waals surface area contributed by atoms with Crippen molar-refractivity contribution in [3.63, 3.8) is 0 Å². The maximum atomic E-state index is 14.1. The van der Waals surface area contributed by atoms with Gasteiger partial charge in [-0.1, -0.05) is 44.9 Å². The Balaban J connectivity index is 3.03. The van der Waals surface area contributed by atoms with Crippen molar-refractivity contribution in [2.45, 2.75) is 49.4 Å². The van der Waals surface area contributed by atoms with Crippen LogP contribution in [0.5, 0.6) is 0 Å². The van der Waals surface area contributed by atoms with E-state index in [1.165, 1.54) is 25.1 Å². The summed E-state index contributed by atoms with van der Waals surface area (Å²) in [4.78, 5) is -0.480. The maximum absolute atomic E-state index is 14.1. The molecule has 0 saturated carbocycles. The summed E-state index contributed by atoms with van der Waals surface area (Å²) in [5.74, 6) is -0.788. The Morgan fingerprint density at radius 2 is 1.80 bits per heavy atom. The van der Waals surface area contributed by atoms with Gasteiger partial charge in [0.2, 0.25) is 9.84 Å². The first kappa shape index (κ1) is 17.0. The van der Waals surface area contributed by atoms with E-state index in [1.807, 2.05) is 6.92 Å². The predicted molar refractivity (Wildman–Crippen MR) is 73.3 cm³/mol. The van der Waals surface area contributed by atoms with E-state index in [0.29, 0.717) is 12.8 Å². The molecule has 3 nitrogen and oxygen atoms in total. The molecular weight excluding hydrogens is 286 g/mol. The molecule has 0 unspecified atom stereocenters. The van der Waals surface area contributed by atoms with E-state index in [1.54, 1.807) is 0 Å². The van der Waals surface area contributed by atoms with Gasteiger partial charge in [-0.15, -0.1) is 0 Å². The first-order chi connectivity index (χ1) is 9.25. The maximum Gasteiger partial charge on any atom is 0.375 e. The second-order valence-electron chi connectivity index (χ2n) is 4.94. The van der Waals surface area contributed by atoms with E-state index < -0.39 is 32.0 Å². The lowest BCUT2D eigenvalue weighted by molar-refractivity contribution is -0.0694. The van der Waals surface area contributed by atoms with E-state index in [9.17, 15) is 22.3 Å². The Hall–Kier alpha value is -1.01. The van der Waals surface area contributed by atoms with Crippen LogP contribution in [0.2, 0.25) is 0 Å². The first-order valence-corrected chi connectivity index (χ1v) is 8.09. The summed E-state index contributed by atoms with van der Waals surface area (Å²) < 4.78 is 52.2. The minimum absolute atomic E-state index is 0.359. The molecule has 1 aromatic carbocycles. The zero-order chi connectivity index (χ0) is 15.4. The molecule has 6 heteroatoms. The van der Waals surface area contributed by atoms with Crippen LogP contribution in [0.1, 0.15) is 33.1 Å². The zero-order valence-electron chi connectivity index (χ0n) is 11.6. The van der Waals surface area contributed by atoms with Crippen molar-refractivity contribution < 1.29 is 22.3 Å². The monoisotopic (exact) mass is 306 g/mol. The van der Waals surface area contributed by atoms with Crippen LogP contribution in [0.25, 0.3) is 0 Å². The lowest BCUT2D eigenvalue weighted by atomic mass is 9.98. The number of sulfone groups is 1. The number of hydrogen-bond donors (Lipinski definition) is 1. The molecule has 0 amide bonds. The molecule has 0 spiro atoms. The minimum atomic E-state index is -4.89. The third-order valence-corrected chi connectivity index (χ3v) is 5.16. The van der Waals surface area contributed by atoms with Crippen molar-refractivity contribution in [1.82, 2.24) is 0 Å². The third-order valence-electron chi connectivity index (χ3n) is 3.31. The number of hydrogen-bond acceptors (Lipinski definition) is 3. The Labute approximate surface area is 118 Å². The second kappa shape index (κ2) is 6.63. The van der Waals surface area contributed by atoms with E-state index in [0.717, 1.165) is 18.6 Å². The SMILES string of the molecule is CCCC[C@@H](C)[C@@H](O)C(F)(F)S(=O)(=O)c1ccccc1. The molecule has 1 aromatic rings. The van der Waals surface area contributed by atoms with E-state index in [2.05, 4.69) is 0 Å². The number of aliphatic hydroxyl groups excluding tert-OH is 1. The van der Waals surface area contributed by atoms with E-state index in [-0.39, 0.29) is 0 Å². The molecule has 2 atom stereocenters. The van der Waals surface area contributed by atoms with Crippen molar-refractivity contribution >= 4 is 9.84 Å². The Bertz CT molecular complexity index is 514. The summed E-state index contributed by atoms with van der Waals surface area (Å²) in [6.45, 7) is 3.34. The summed E-state index contributed by atoms with van der Waals surface area (Å²) >= 11 is 0. The highest BCUT2D eigenvalue weighted by Gasteiger charge is 2.53. The topological polar surface area (TPSA) is 54.4 Å². The van der Waals surface area contributed by atoms with E-state index in [4.69, 9.17) is 0 Å². The van der Waals surface area contributed by atoms with Gasteiger partial charge in [0.05, 0.1) is 4.90 Å². The Morgan fingerprint density at radius 3 is 2.30 bits per heavy atom. The fourth-order valence-electron chi connectivity index (χ4n) is 1.93. The van der Waals surface area contributed by atoms with Crippen LogP contribution < -0.4 is 0 Å². The second-order valence-corrected chi connectivity index (χ2v) is 6.97. The number of unbranched alkanes of at least 4 members (excludes halogenated alkanes) is 1. The molecule has 0 saturated heterocycles. The van der Waals surface area contributed by atoms with Crippen molar-refractivity contribution in [1.29, 1.82) is 0 Å². The first-order valence-electron chi connectivity index (χ1n) is 6.60. The van der Waals surface area contributed by atoms with Crippen molar-refractivity contribution in [3.05, 3.63) is 30.3 Å². The molecule has 0 fully saturated rings. The Kier molecular flexibility index (Phi) is 5.65. The summed E-state index contributed by atoms with van der Waals surface area (Å²) in [5, 5.41) is 5.55. The highest BCUT2D eigenvalue weighted by Crippen LogP contribution is 2.36. The molecule has 0 aliphatic heterocycles. The number of rotatable bonds is 7. The average molecular weight is 306 g/mol. The van der Waals surface area contributed by atoms with Gasteiger partial charge in [0, 0.05) is 0 Å². The molecular formula is C14H20F2O3S. The molecule has 1 rings (SSSR count). The molecule has 0 heterocycles. The molecule has 0 aliphatic rings. The summed E-state index contributed by atoms with van der Waals surface area (Å²) in [7, 11) is -4.89. The van der Waals surface area contributed by atoms with Crippen LogP contribution >= 0.6 is 0 Å². The summed E-state index contributed by atoms with van der Waals surface area (Å²) in [5.41, 5.74) is 0. The van der Waals surface area contributed by atoms with Crippen LogP contribution in [0.15, 0.2) is 35.2 Å². The number of alkyl halides is 2. The predicted octanol–water partition coefficient (Wildman–Crippen LogP) is 3.24. The van der Waals surface area contributed by atoms with Gasteiger partial charge in [0.15, 0.2) is 0 Å². The lowest BCUT2D eigenvalue weighted by Gasteiger charge is -2.27. The zero-order valence-corrected chi connectivity index (χ0v) is 12.4. The van der Waals surface area contributed by atoms with Gasteiger partial charge < -0.3 is 5.11 Å². The normalized spacial score (nSPS) is 15.8. The molecule has 1 N–H and O–H groups in total. The molecule has 0 bridgehead atoms. The average Bonchev–Trinajstić information content (AvgIpc) is 2.44.